The molecular formula is C6H5ClN4. The molecule has 0 unspecified atom stereocenters. The molecule has 0 bridgehead atoms. The smallest absolute Gasteiger partial charge is 0.131 e. The summed E-state index contributed by atoms with van der Waals surface area (Å²) in [5, 5.41) is 3.80. The van der Waals surface area contributed by atoms with Crippen molar-refractivity contribution in [3.05, 3.63) is 33.4 Å². The molecule has 1 heterocycles. The maximum absolute atomic E-state index is 8.08. The summed E-state index contributed by atoms with van der Waals surface area (Å²) in [6.07, 6.45) is 1.43. The van der Waals surface area contributed by atoms with Gasteiger partial charge in [-0.3, -0.25) is 0 Å². The molecule has 0 aliphatic rings. The molecule has 0 aromatic carbocycles. The van der Waals surface area contributed by atoms with Crippen molar-refractivity contribution in [1.29, 1.82) is 0 Å². The Morgan fingerprint density at radius 3 is 3.00 bits per heavy atom. The summed E-state index contributed by atoms with van der Waals surface area (Å²) in [5.74, 6) is 0. The number of hydrogen-bond acceptors (Lipinski definition) is 2. The van der Waals surface area contributed by atoms with Crippen molar-refractivity contribution >= 4 is 17.3 Å². The van der Waals surface area contributed by atoms with E-state index in [0.717, 1.165) is 5.56 Å². The third-order valence-corrected chi connectivity index (χ3v) is 1.56. The summed E-state index contributed by atoms with van der Waals surface area (Å²) in [7, 11) is 0. The predicted octanol–water partition coefficient (Wildman–Crippen LogP) is 2.99. The molecule has 5 heteroatoms. The van der Waals surface area contributed by atoms with Gasteiger partial charge in [0, 0.05) is 11.1 Å². The molecule has 0 aliphatic heterocycles. The van der Waals surface area contributed by atoms with E-state index in [1.54, 1.807) is 13.0 Å². The Hall–Kier alpha value is -1.25. The van der Waals surface area contributed by atoms with Gasteiger partial charge in [0.2, 0.25) is 0 Å². The van der Waals surface area contributed by atoms with Crippen LogP contribution in [0.2, 0.25) is 5.15 Å². The second-order valence-electron chi connectivity index (χ2n) is 1.99. The Bertz CT molecular complexity index is 316. The van der Waals surface area contributed by atoms with Gasteiger partial charge in [0.1, 0.15) is 5.15 Å². The molecule has 1 aromatic heterocycles. The lowest BCUT2D eigenvalue weighted by atomic mass is 10.3. The minimum absolute atomic E-state index is 0.432. The third kappa shape index (κ3) is 1.83. The molecule has 11 heavy (non-hydrogen) atoms. The monoisotopic (exact) mass is 168 g/mol. The normalized spacial score (nSPS) is 8.91. The van der Waals surface area contributed by atoms with Gasteiger partial charge >= 0.3 is 0 Å². The topological polar surface area (TPSA) is 61.7 Å². The molecule has 0 saturated heterocycles. The molecule has 0 radical (unpaired) electrons. The minimum Gasteiger partial charge on any atom is -0.244 e. The van der Waals surface area contributed by atoms with Gasteiger partial charge in [0.05, 0.1) is 5.69 Å². The molecular weight excluding hydrogens is 164 g/mol. The first-order valence-corrected chi connectivity index (χ1v) is 3.29. The molecule has 0 aliphatic carbocycles. The van der Waals surface area contributed by atoms with Crippen molar-refractivity contribution in [1.82, 2.24) is 4.98 Å². The van der Waals surface area contributed by atoms with Gasteiger partial charge in [-0.2, -0.15) is 0 Å². The van der Waals surface area contributed by atoms with Gasteiger partial charge in [0.15, 0.2) is 0 Å². The summed E-state index contributed by atoms with van der Waals surface area (Å²) < 4.78 is 0. The van der Waals surface area contributed by atoms with E-state index >= 15 is 0 Å². The van der Waals surface area contributed by atoms with E-state index in [0.29, 0.717) is 10.8 Å². The van der Waals surface area contributed by atoms with Crippen LogP contribution in [0.15, 0.2) is 17.4 Å². The van der Waals surface area contributed by atoms with Gasteiger partial charge in [-0.25, -0.2) is 4.98 Å². The van der Waals surface area contributed by atoms with E-state index in [1.165, 1.54) is 6.20 Å². The summed E-state index contributed by atoms with van der Waals surface area (Å²) in [5.41, 5.74) is 9.36. The first-order chi connectivity index (χ1) is 5.24. The average Bonchev–Trinajstić information content (AvgIpc) is 1.98. The number of azide groups is 1. The lowest BCUT2D eigenvalue weighted by Crippen LogP contribution is -1.78. The van der Waals surface area contributed by atoms with E-state index in [2.05, 4.69) is 15.0 Å². The Morgan fingerprint density at radius 2 is 2.45 bits per heavy atom. The SMILES string of the molecule is Cc1cc(N=[N+]=[N-])cnc1Cl. The van der Waals surface area contributed by atoms with Crippen LogP contribution in [0.1, 0.15) is 5.56 Å². The van der Waals surface area contributed by atoms with Crippen molar-refractivity contribution in [2.45, 2.75) is 6.92 Å². The Morgan fingerprint density at radius 1 is 1.73 bits per heavy atom. The zero-order valence-electron chi connectivity index (χ0n) is 5.82. The van der Waals surface area contributed by atoms with Gasteiger partial charge in [0.25, 0.3) is 0 Å². The average molecular weight is 169 g/mol. The maximum atomic E-state index is 8.08. The van der Waals surface area contributed by atoms with Crippen molar-refractivity contribution < 1.29 is 0 Å². The Kier molecular flexibility index (Phi) is 2.31. The first kappa shape index (κ1) is 7.85. The van der Waals surface area contributed by atoms with Crippen molar-refractivity contribution in [3.8, 4) is 0 Å². The summed E-state index contributed by atoms with van der Waals surface area (Å²) in [4.78, 5) is 6.42. The van der Waals surface area contributed by atoms with Crippen molar-refractivity contribution in [2.24, 2.45) is 5.11 Å². The summed E-state index contributed by atoms with van der Waals surface area (Å²) >= 11 is 5.63. The van der Waals surface area contributed by atoms with Crippen molar-refractivity contribution in [3.63, 3.8) is 0 Å². The van der Waals surface area contributed by atoms with Crippen LogP contribution in [-0.4, -0.2) is 4.98 Å². The Labute approximate surface area is 68.5 Å². The lowest BCUT2D eigenvalue weighted by molar-refractivity contribution is 1.25. The fourth-order valence-corrected chi connectivity index (χ4v) is 0.753. The molecule has 1 rings (SSSR count). The molecule has 4 nitrogen and oxygen atoms in total. The molecule has 0 N–H and O–H groups in total. The largest absolute Gasteiger partial charge is 0.244 e. The first-order valence-electron chi connectivity index (χ1n) is 2.91. The summed E-state index contributed by atoms with van der Waals surface area (Å²) in [6.45, 7) is 1.80. The molecule has 0 atom stereocenters. The highest BCUT2D eigenvalue weighted by molar-refractivity contribution is 6.30. The van der Waals surface area contributed by atoms with Gasteiger partial charge in [-0.15, -0.1) is 0 Å². The van der Waals surface area contributed by atoms with Crippen LogP contribution in [0.4, 0.5) is 5.69 Å². The van der Waals surface area contributed by atoms with E-state index in [1.807, 2.05) is 0 Å². The van der Waals surface area contributed by atoms with Crippen LogP contribution >= 0.6 is 11.6 Å². The number of pyridine rings is 1. The summed E-state index contributed by atoms with van der Waals surface area (Å²) in [6, 6.07) is 1.68. The number of rotatable bonds is 1. The van der Waals surface area contributed by atoms with Crippen LogP contribution in [-0.2, 0) is 0 Å². The zero-order chi connectivity index (χ0) is 8.27. The van der Waals surface area contributed by atoms with E-state index in [4.69, 9.17) is 17.1 Å². The molecule has 1 aromatic rings. The van der Waals surface area contributed by atoms with Gasteiger partial charge in [-0.05, 0) is 24.1 Å². The second-order valence-corrected chi connectivity index (χ2v) is 2.35. The molecule has 56 valence electrons. The quantitative estimate of drug-likeness (QED) is 0.275. The molecule has 0 spiro atoms. The highest BCUT2D eigenvalue weighted by Crippen LogP contribution is 2.17. The fourth-order valence-electron chi connectivity index (χ4n) is 0.650. The highest BCUT2D eigenvalue weighted by atomic mass is 35.5. The van der Waals surface area contributed by atoms with Crippen LogP contribution in [0.25, 0.3) is 10.4 Å². The van der Waals surface area contributed by atoms with E-state index in [-0.39, 0.29) is 0 Å². The fraction of sp³-hybridized carbons (Fsp3) is 0.167. The van der Waals surface area contributed by atoms with E-state index < -0.39 is 0 Å². The van der Waals surface area contributed by atoms with E-state index in [9.17, 15) is 0 Å². The van der Waals surface area contributed by atoms with Crippen LogP contribution in [0.3, 0.4) is 0 Å². The number of hydrogen-bond donors (Lipinski definition) is 0. The number of aryl methyl sites for hydroxylation is 1. The van der Waals surface area contributed by atoms with Gasteiger partial charge < -0.3 is 0 Å². The van der Waals surface area contributed by atoms with Crippen LogP contribution in [0.5, 0.6) is 0 Å². The number of aromatic nitrogens is 1. The molecule has 0 fully saturated rings. The zero-order valence-corrected chi connectivity index (χ0v) is 6.58. The number of nitrogens with zero attached hydrogens (tertiary/aromatic N) is 4. The maximum Gasteiger partial charge on any atom is 0.131 e. The van der Waals surface area contributed by atoms with Gasteiger partial charge in [-0.1, -0.05) is 16.7 Å². The molecule has 0 amide bonds. The third-order valence-electron chi connectivity index (χ3n) is 1.16. The predicted molar refractivity (Wildman–Crippen MR) is 42.8 cm³/mol. The molecule has 0 saturated carbocycles. The Balaban J connectivity index is 3.14. The standard InChI is InChI=1S/C6H5ClN4/c1-4-2-5(10-11-8)3-9-6(4)7/h2-3H,1H3. The highest BCUT2D eigenvalue weighted by Gasteiger charge is 1.95. The van der Waals surface area contributed by atoms with Crippen LogP contribution < -0.4 is 0 Å². The number of halogens is 1. The minimum atomic E-state index is 0.432. The second kappa shape index (κ2) is 3.23. The lowest BCUT2D eigenvalue weighted by Gasteiger charge is -1.95. The van der Waals surface area contributed by atoms with Crippen LogP contribution in [0, 0.1) is 6.92 Å². The van der Waals surface area contributed by atoms with Crippen molar-refractivity contribution in [2.75, 3.05) is 0 Å².